The zero-order chi connectivity index (χ0) is 41.9. The summed E-state index contributed by atoms with van der Waals surface area (Å²) in [5.41, 5.74) is 5.24. The molecule has 2 aromatic carbocycles. The van der Waals surface area contributed by atoms with Gasteiger partial charge in [-0.1, -0.05) is 81.1 Å². The smallest absolute Gasteiger partial charge is 0.336 e. The van der Waals surface area contributed by atoms with Crippen molar-refractivity contribution in [2.45, 2.75) is 129 Å². The Kier molecular flexibility index (Phi) is 16.0. The van der Waals surface area contributed by atoms with Crippen LogP contribution in [0.15, 0.2) is 54.6 Å². The first-order valence-electron chi connectivity index (χ1n) is 20.1. The second kappa shape index (κ2) is 20.4. The number of hydrogen-bond donors (Lipinski definition) is 3. The van der Waals surface area contributed by atoms with E-state index in [0.29, 0.717) is 24.8 Å². The summed E-state index contributed by atoms with van der Waals surface area (Å²) in [6.07, 6.45) is 3.20. The molecule has 1 aliphatic heterocycles. The van der Waals surface area contributed by atoms with Gasteiger partial charge in [-0.15, -0.1) is 0 Å². The van der Waals surface area contributed by atoms with Gasteiger partial charge in [0.05, 0.1) is 23.3 Å². The number of carboxylic acid groups (broad SMARTS) is 1. The highest BCUT2D eigenvalue weighted by Crippen LogP contribution is 2.37. The molecule has 3 amide bonds. The Morgan fingerprint density at radius 2 is 1.51 bits per heavy atom. The standard InChI is InChI=1S/C44H57N3O10/c1-5-14-29(40(52)35(48)21-22-38(51)46-39(41(45)53)28-17-10-7-11-18-28)23-37(50)34-24-30(57-44(2,3)4)26-47(34)42(54)33(27-15-8-6-9-16-27)25-36(49)31-19-12-13-20-32(31)43(55)56/h7,10-13,17-20,27,29-30,33-34,39H,5-6,8-9,14-16,21-26H2,1-4H3,(H2,45,53)(H,46,51)(H,55,56)/t29?,30-,33+,34+,39+/m1/s1. The van der Waals surface area contributed by atoms with Crippen LogP contribution in [0.2, 0.25) is 0 Å². The normalized spacial score (nSPS) is 18.9. The largest absolute Gasteiger partial charge is 0.478 e. The van der Waals surface area contributed by atoms with Gasteiger partial charge in [-0.3, -0.25) is 33.6 Å². The Labute approximate surface area is 334 Å². The van der Waals surface area contributed by atoms with E-state index < -0.39 is 83.0 Å². The predicted octanol–water partition coefficient (Wildman–Crippen LogP) is 5.58. The lowest BCUT2D eigenvalue weighted by molar-refractivity contribution is -0.144. The summed E-state index contributed by atoms with van der Waals surface area (Å²) in [6, 6.07) is 12.2. The number of aromatic carboxylic acids is 1. The fraction of sp³-hybridized carbons (Fsp3) is 0.545. The number of ether oxygens (including phenoxy) is 1. The maximum atomic E-state index is 14.7. The lowest BCUT2D eigenvalue weighted by atomic mass is 9.76. The van der Waals surface area contributed by atoms with E-state index in [0.717, 1.165) is 19.3 Å². The first kappa shape index (κ1) is 44.7. The van der Waals surface area contributed by atoms with Crippen molar-refractivity contribution in [1.82, 2.24) is 10.2 Å². The third-order valence-electron chi connectivity index (χ3n) is 10.9. The molecule has 4 rings (SSSR count). The number of Topliss-reactive ketones (excluding diaryl/α,β-unsaturated/α-hetero) is 4. The van der Waals surface area contributed by atoms with Crippen LogP contribution in [0.1, 0.15) is 137 Å². The molecule has 5 atom stereocenters. The van der Waals surface area contributed by atoms with Crippen molar-refractivity contribution in [3.05, 3.63) is 71.3 Å². The molecule has 1 heterocycles. The predicted molar refractivity (Wildman–Crippen MR) is 211 cm³/mol. The number of benzene rings is 2. The van der Waals surface area contributed by atoms with E-state index in [-0.39, 0.29) is 61.6 Å². The number of amides is 3. The van der Waals surface area contributed by atoms with E-state index in [4.69, 9.17) is 10.5 Å². The molecule has 2 aromatic rings. The molecule has 4 N–H and O–H groups in total. The van der Waals surface area contributed by atoms with Gasteiger partial charge in [-0.05, 0) is 57.6 Å². The number of carbonyl (C=O) groups excluding carboxylic acids is 7. The molecule has 1 saturated carbocycles. The van der Waals surface area contributed by atoms with E-state index in [9.17, 15) is 43.5 Å². The Hall–Kier alpha value is -5.04. The van der Waals surface area contributed by atoms with Gasteiger partial charge in [-0.2, -0.15) is 0 Å². The molecule has 2 fully saturated rings. The number of nitrogens with two attached hydrogens (primary N) is 1. The molecule has 0 spiro atoms. The summed E-state index contributed by atoms with van der Waals surface area (Å²) in [4.78, 5) is 108. The maximum Gasteiger partial charge on any atom is 0.336 e. The molecule has 13 heteroatoms. The van der Waals surface area contributed by atoms with Crippen molar-refractivity contribution in [3.63, 3.8) is 0 Å². The maximum absolute atomic E-state index is 14.7. The molecule has 308 valence electrons. The fourth-order valence-electron chi connectivity index (χ4n) is 8.19. The zero-order valence-corrected chi connectivity index (χ0v) is 33.5. The monoisotopic (exact) mass is 787 g/mol. The van der Waals surface area contributed by atoms with Crippen molar-refractivity contribution in [1.29, 1.82) is 0 Å². The highest BCUT2D eigenvalue weighted by molar-refractivity contribution is 6.38. The molecule has 2 aliphatic rings. The SMILES string of the molecule is CCCC(CC(=O)[C@@H]1C[C@@H](OC(C)(C)C)CN1C(=O)[C@@H](CC(=O)c1ccccc1C(=O)O)C1CCCCC1)C(=O)C(=O)CCC(=O)N[C@H](C(N)=O)c1ccccc1. The second-order valence-electron chi connectivity index (χ2n) is 16.3. The summed E-state index contributed by atoms with van der Waals surface area (Å²) < 4.78 is 6.27. The molecule has 1 unspecified atom stereocenters. The van der Waals surface area contributed by atoms with Crippen LogP contribution in [0.5, 0.6) is 0 Å². The number of likely N-dealkylation sites (tertiary alicyclic amines) is 1. The van der Waals surface area contributed by atoms with Gasteiger partial charge in [-0.25, -0.2) is 4.79 Å². The topological polar surface area (TPSA) is 207 Å². The summed E-state index contributed by atoms with van der Waals surface area (Å²) in [5.74, 6) is -7.47. The van der Waals surface area contributed by atoms with E-state index >= 15 is 0 Å². The lowest BCUT2D eigenvalue weighted by Gasteiger charge is -2.34. The highest BCUT2D eigenvalue weighted by Gasteiger charge is 2.46. The molecule has 0 bridgehead atoms. The molecule has 13 nitrogen and oxygen atoms in total. The van der Waals surface area contributed by atoms with E-state index in [1.807, 2.05) is 27.7 Å². The third-order valence-corrected chi connectivity index (χ3v) is 10.9. The minimum atomic E-state index is -1.25. The number of rotatable bonds is 20. The fourth-order valence-corrected chi connectivity index (χ4v) is 8.19. The van der Waals surface area contributed by atoms with Crippen LogP contribution in [0.4, 0.5) is 0 Å². The molecule has 1 saturated heterocycles. The second-order valence-corrected chi connectivity index (χ2v) is 16.3. The lowest BCUT2D eigenvalue weighted by Crippen LogP contribution is -2.47. The number of nitrogens with zero attached hydrogens (tertiary/aromatic N) is 1. The summed E-state index contributed by atoms with van der Waals surface area (Å²) in [5, 5.41) is 12.3. The van der Waals surface area contributed by atoms with Crippen molar-refractivity contribution < 1.29 is 48.2 Å². The Morgan fingerprint density at radius 3 is 2.11 bits per heavy atom. The minimum absolute atomic E-state index is 0.0218. The number of hydrogen-bond acceptors (Lipinski definition) is 9. The van der Waals surface area contributed by atoms with Crippen molar-refractivity contribution in [2.24, 2.45) is 23.5 Å². The van der Waals surface area contributed by atoms with Gasteiger partial charge in [0.2, 0.25) is 23.5 Å². The number of carboxylic acids is 1. The average Bonchev–Trinajstić information content (AvgIpc) is 3.60. The van der Waals surface area contributed by atoms with Gasteiger partial charge in [0, 0.05) is 56.0 Å². The van der Waals surface area contributed by atoms with Gasteiger partial charge in [0.15, 0.2) is 17.3 Å². The zero-order valence-electron chi connectivity index (χ0n) is 33.5. The van der Waals surface area contributed by atoms with E-state index in [1.165, 1.54) is 23.1 Å². The molecular weight excluding hydrogens is 730 g/mol. The first-order chi connectivity index (χ1) is 27.0. The summed E-state index contributed by atoms with van der Waals surface area (Å²) >= 11 is 0. The van der Waals surface area contributed by atoms with Crippen LogP contribution in [0.3, 0.4) is 0 Å². The van der Waals surface area contributed by atoms with Crippen molar-refractivity contribution in [3.8, 4) is 0 Å². The first-order valence-corrected chi connectivity index (χ1v) is 20.1. The molecule has 1 aliphatic carbocycles. The van der Waals surface area contributed by atoms with Gasteiger partial charge in [0.1, 0.15) is 6.04 Å². The van der Waals surface area contributed by atoms with Crippen LogP contribution >= 0.6 is 0 Å². The average molecular weight is 788 g/mol. The van der Waals surface area contributed by atoms with E-state index in [1.54, 1.807) is 36.4 Å². The van der Waals surface area contributed by atoms with Crippen molar-refractivity contribution in [2.75, 3.05) is 6.54 Å². The Balaban J connectivity index is 1.52. The molecular formula is C44H57N3O10. The van der Waals surface area contributed by atoms with Crippen LogP contribution in [-0.2, 0) is 33.5 Å². The van der Waals surface area contributed by atoms with Crippen LogP contribution in [-0.4, -0.2) is 81.1 Å². The summed E-state index contributed by atoms with van der Waals surface area (Å²) in [6.45, 7) is 7.52. The molecule has 0 radical (unpaired) electrons. The molecule has 0 aromatic heterocycles. The number of ketones is 4. The number of nitrogens with one attached hydrogen (secondary N) is 1. The van der Waals surface area contributed by atoms with Gasteiger partial charge >= 0.3 is 5.97 Å². The van der Waals surface area contributed by atoms with E-state index in [2.05, 4.69) is 5.32 Å². The van der Waals surface area contributed by atoms with Crippen LogP contribution < -0.4 is 11.1 Å². The van der Waals surface area contributed by atoms with Crippen LogP contribution in [0.25, 0.3) is 0 Å². The third kappa shape index (κ3) is 12.5. The highest BCUT2D eigenvalue weighted by atomic mass is 16.5. The van der Waals surface area contributed by atoms with Crippen molar-refractivity contribution >= 4 is 46.8 Å². The molecule has 57 heavy (non-hydrogen) atoms. The summed E-state index contributed by atoms with van der Waals surface area (Å²) in [7, 11) is 0. The number of primary amides is 1. The van der Waals surface area contributed by atoms with Crippen LogP contribution in [0, 0.1) is 17.8 Å². The Morgan fingerprint density at radius 1 is 0.877 bits per heavy atom. The Bertz CT molecular complexity index is 1800. The number of carbonyl (C=O) groups is 8. The van der Waals surface area contributed by atoms with Gasteiger partial charge < -0.3 is 25.8 Å². The quantitative estimate of drug-likeness (QED) is 0.112. The minimum Gasteiger partial charge on any atom is -0.478 e. The van der Waals surface area contributed by atoms with Gasteiger partial charge in [0.25, 0.3) is 0 Å².